The molecule has 2 aliphatic rings. The van der Waals surface area contributed by atoms with Crippen LogP contribution in [0.2, 0.25) is 0 Å². The van der Waals surface area contributed by atoms with Gasteiger partial charge in [0.2, 0.25) is 5.91 Å². The molecule has 1 aliphatic carbocycles. The maximum absolute atomic E-state index is 11.9. The molecule has 0 radical (unpaired) electrons. The molecule has 0 aromatic carbocycles. The van der Waals surface area contributed by atoms with Crippen LogP contribution in [-0.2, 0) is 4.79 Å². The number of carbonyl (C=O) groups is 2. The molecule has 16 heavy (non-hydrogen) atoms. The highest BCUT2D eigenvalue weighted by Gasteiger charge is 2.34. The molecule has 2 N–H and O–H groups in total. The highest BCUT2D eigenvalue weighted by molar-refractivity contribution is 5.87. The van der Waals surface area contributed by atoms with E-state index >= 15 is 0 Å². The van der Waals surface area contributed by atoms with Gasteiger partial charge in [-0.05, 0) is 32.1 Å². The molecule has 0 aromatic heterocycles. The van der Waals surface area contributed by atoms with Crippen molar-refractivity contribution in [3.05, 3.63) is 0 Å². The van der Waals surface area contributed by atoms with Crippen LogP contribution in [0, 0.1) is 0 Å². The number of hydrogen-bond donors (Lipinski definition) is 2. The Hall–Kier alpha value is -1.26. The summed E-state index contributed by atoms with van der Waals surface area (Å²) in [6.45, 7) is 0.691. The first kappa shape index (κ1) is 11.2. The minimum atomic E-state index is -0.273. The van der Waals surface area contributed by atoms with Crippen LogP contribution >= 0.6 is 0 Å². The van der Waals surface area contributed by atoms with Gasteiger partial charge in [0.25, 0.3) is 0 Å². The quantitative estimate of drug-likeness (QED) is 0.717. The normalized spacial score (nSPS) is 25.1. The van der Waals surface area contributed by atoms with Crippen molar-refractivity contribution < 1.29 is 9.59 Å². The Balaban J connectivity index is 1.90. The van der Waals surface area contributed by atoms with Gasteiger partial charge in [-0.3, -0.25) is 4.79 Å². The first-order chi connectivity index (χ1) is 7.72. The Morgan fingerprint density at radius 1 is 1.19 bits per heavy atom. The lowest BCUT2D eigenvalue weighted by atomic mass is 9.93. The van der Waals surface area contributed by atoms with Crippen molar-refractivity contribution in [1.29, 1.82) is 0 Å². The fourth-order valence-electron chi connectivity index (χ4n) is 2.26. The first-order valence-electron chi connectivity index (χ1n) is 6.01. The van der Waals surface area contributed by atoms with Crippen LogP contribution in [0.15, 0.2) is 0 Å². The summed E-state index contributed by atoms with van der Waals surface area (Å²) in [5, 5.41) is 5.59. The number of carbonyl (C=O) groups excluding carboxylic acids is 2. The van der Waals surface area contributed by atoms with Crippen molar-refractivity contribution in [1.82, 2.24) is 15.5 Å². The number of urea groups is 1. The van der Waals surface area contributed by atoms with Gasteiger partial charge in [-0.25, -0.2) is 4.79 Å². The predicted octanol–water partition coefficient (Wildman–Crippen LogP) is 0.459. The van der Waals surface area contributed by atoms with Crippen LogP contribution in [-0.4, -0.2) is 42.5 Å². The Bertz CT molecular complexity index is 289. The zero-order chi connectivity index (χ0) is 11.5. The molecule has 1 atom stereocenters. The molecular formula is C11H19N3O2. The lowest BCUT2D eigenvalue weighted by Crippen LogP contribution is -2.52. The zero-order valence-corrected chi connectivity index (χ0v) is 9.66. The summed E-state index contributed by atoms with van der Waals surface area (Å²) in [6.07, 6.45) is 5.03. The van der Waals surface area contributed by atoms with Gasteiger partial charge in [0.1, 0.15) is 6.04 Å². The summed E-state index contributed by atoms with van der Waals surface area (Å²) < 4.78 is 0. The molecule has 2 fully saturated rings. The van der Waals surface area contributed by atoms with Crippen LogP contribution in [0.3, 0.4) is 0 Å². The summed E-state index contributed by atoms with van der Waals surface area (Å²) >= 11 is 0. The molecule has 90 valence electrons. The first-order valence-corrected chi connectivity index (χ1v) is 6.01. The second-order valence-electron chi connectivity index (χ2n) is 4.54. The number of hydrogen-bond acceptors (Lipinski definition) is 2. The van der Waals surface area contributed by atoms with E-state index in [-0.39, 0.29) is 18.0 Å². The fourth-order valence-corrected chi connectivity index (χ4v) is 2.26. The number of nitrogens with zero attached hydrogens (tertiary/aromatic N) is 1. The molecule has 2 rings (SSSR count). The van der Waals surface area contributed by atoms with E-state index in [1.165, 1.54) is 6.42 Å². The van der Waals surface area contributed by atoms with E-state index in [2.05, 4.69) is 10.6 Å². The minimum Gasteiger partial charge on any atom is -0.357 e. The number of amides is 3. The lowest BCUT2D eigenvalue weighted by molar-refractivity contribution is -0.124. The standard InChI is InChI=1S/C11H19N3O2/c1-12-10(15)9-6-3-7-14(9)11(16)13-8-4-2-5-8/h8-9H,2-7H2,1H3,(H,12,15)(H,13,16). The zero-order valence-electron chi connectivity index (χ0n) is 9.66. The van der Waals surface area contributed by atoms with E-state index in [9.17, 15) is 9.59 Å². The van der Waals surface area contributed by atoms with E-state index in [1.54, 1.807) is 11.9 Å². The number of likely N-dealkylation sites (N-methyl/N-ethyl adjacent to an activating group) is 1. The molecule has 3 amide bonds. The lowest BCUT2D eigenvalue weighted by Gasteiger charge is -2.31. The van der Waals surface area contributed by atoms with E-state index in [4.69, 9.17) is 0 Å². The molecule has 1 heterocycles. The van der Waals surface area contributed by atoms with Gasteiger partial charge in [0.15, 0.2) is 0 Å². The SMILES string of the molecule is CNC(=O)C1CCCN1C(=O)NC1CCC1. The van der Waals surface area contributed by atoms with Crippen molar-refractivity contribution in [2.45, 2.75) is 44.2 Å². The van der Waals surface area contributed by atoms with E-state index in [0.29, 0.717) is 12.6 Å². The monoisotopic (exact) mass is 225 g/mol. The smallest absolute Gasteiger partial charge is 0.318 e. The van der Waals surface area contributed by atoms with Crippen LogP contribution in [0.4, 0.5) is 4.79 Å². The van der Waals surface area contributed by atoms with Gasteiger partial charge >= 0.3 is 6.03 Å². The Labute approximate surface area is 95.6 Å². The van der Waals surface area contributed by atoms with E-state index < -0.39 is 0 Å². The van der Waals surface area contributed by atoms with Crippen molar-refractivity contribution in [2.24, 2.45) is 0 Å². The maximum atomic E-state index is 11.9. The highest BCUT2D eigenvalue weighted by atomic mass is 16.2. The van der Waals surface area contributed by atoms with Gasteiger partial charge in [0, 0.05) is 19.6 Å². The molecule has 1 aliphatic heterocycles. The molecule has 1 saturated carbocycles. The third-order valence-electron chi connectivity index (χ3n) is 3.50. The Kier molecular flexibility index (Phi) is 3.31. The van der Waals surface area contributed by atoms with Gasteiger partial charge in [-0.1, -0.05) is 0 Å². The van der Waals surface area contributed by atoms with Crippen molar-refractivity contribution in [3.63, 3.8) is 0 Å². The molecule has 1 saturated heterocycles. The van der Waals surface area contributed by atoms with Crippen molar-refractivity contribution in [2.75, 3.05) is 13.6 Å². The number of rotatable bonds is 2. The summed E-state index contributed by atoms with van der Waals surface area (Å²) in [5.74, 6) is -0.0544. The van der Waals surface area contributed by atoms with Gasteiger partial charge in [-0.15, -0.1) is 0 Å². The molecule has 1 unspecified atom stereocenters. The summed E-state index contributed by atoms with van der Waals surface area (Å²) in [7, 11) is 1.61. The molecule has 5 heteroatoms. The molecule has 0 aromatic rings. The van der Waals surface area contributed by atoms with Crippen molar-refractivity contribution >= 4 is 11.9 Å². The van der Waals surface area contributed by atoms with Crippen LogP contribution < -0.4 is 10.6 Å². The fraction of sp³-hybridized carbons (Fsp3) is 0.818. The highest BCUT2D eigenvalue weighted by Crippen LogP contribution is 2.21. The molecule has 5 nitrogen and oxygen atoms in total. The predicted molar refractivity (Wildman–Crippen MR) is 60.0 cm³/mol. The summed E-state index contributed by atoms with van der Waals surface area (Å²) in [6, 6.07) is -0.0145. The number of nitrogens with one attached hydrogen (secondary N) is 2. The van der Waals surface area contributed by atoms with Crippen LogP contribution in [0.25, 0.3) is 0 Å². The largest absolute Gasteiger partial charge is 0.357 e. The topological polar surface area (TPSA) is 61.4 Å². The average molecular weight is 225 g/mol. The molecular weight excluding hydrogens is 206 g/mol. The second kappa shape index (κ2) is 4.72. The van der Waals surface area contributed by atoms with E-state index in [0.717, 1.165) is 25.7 Å². The molecule has 0 spiro atoms. The Morgan fingerprint density at radius 2 is 1.94 bits per heavy atom. The van der Waals surface area contributed by atoms with Gasteiger partial charge < -0.3 is 15.5 Å². The van der Waals surface area contributed by atoms with Crippen LogP contribution in [0.5, 0.6) is 0 Å². The third-order valence-corrected chi connectivity index (χ3v) is 3.50. The van der Waals surface area contributed by atoms with Crippen LogP contribution in [0.1, 0.15) is 32.1 Å². The minimum absolute atomic E-state index is 0.0544. The van der Waals surface area contributed by atoms with E-state index in [1.807, 2.05) is 0 Å². The van der Waals surface area contributed by atoms with Gasteiger partial charge in [0.05, 0.1) is 0 Å². The summed E-state index contributed by atoms with van der Waals surface area (Å²) in [4.78, 5) is 25.1. The molecule has 0 bridgehead atoms. The van der Waals surface area contributed by atoms with Gasteiger partial charge in [-0.2, -0.15) is 0 Å². The summed E-state index contributed by atoms with van der Waals surface area (Å²) in [5.41, 5.74) is 0. The Morgan fingerprint density at radius 3 is 2.50 bits per heavy atom. The maximum Gasteiger partial charge on any atom is 0.318 e. The van der Waals surface area contributed by atoms with Crippen molar-refractivity contribution in [3.8, 4) is 0 Å². The number of likely N-dealkylation sites (tertiary alicyclic amines) is 1. The second-order valence-corrected chi connectivity index (χ2v) is 4.54. The average Bonchev–Trinajstić information content (AvgIpc) is 2.70. The third kappa shape index (κ3) is 2.13.